The van der Waals surface area contributed by atoms with Gasteiger partial charge in [0.15, 0.2) is 0 Å². The van der Waals surface area contributed by atoms with Crippen LogP contribution in [0, 0.1) is 5.92 Å². The minimum Gasteiger partial charge on any atom is -0.481 e. The maximum atomic E-state index is 10.8. The molecule has 0 aromatic heterocycles. The summed E-state index contributed by atoms with van der Waals surface area (Å²) < 4.78 is 0. The number of carbonyl (C=O) groups is 1. The lowest BCUT2D eigenvalue weighted by molar-refractivity contribution is -0.149. The molecule has 0 spiro atoms. The van der Waals surface area contributed by atoms with E-state index in [-0.39, 0.29) is 5.92 Å². The van der Waals surface area contributed by atoms with E-state index in [4.69, 9.17) is 5.11 Å². The zero-order chi connectivity index (χ0) is 11.8. The quantitative estimate of drug-likeness (QED) is 0.847. The van der Waals surface area contributed by atoms with E-state index in [0.717, 1.165) is 0 Å². The zero-order valence-corrected chi connectivity index (χ0v) is 9.80. The van der Waals surface area contributed by atoms with Crippen molar-refractivity contribution in [1.29, 1.82) is 0 Å². The summed E-state index contributed by atoms with van der Waals surface area (Å²) in [5.74, 6) is -0.797. The van der Waals surface area contributed by atoms with Crippen LogP contribution in [0.1, 0.15) is 30.0 Å². The maximum absolute atomic E-state index is 10.8. The first-order valence-corrected chi connectivity index (χ1v) is 6.30. The molecule has 1 atom stereocenters. The molecule has 0 saturated carbocycles. The first-order valence-electron chi connectivity index (χ1n) is 6.30. The zero-order valence-electron chi connectivity index (χ0n) is 9.80. The SMILES string of the molecule is O=C(O)C1CN(C2CCCc3ccccc32)C1. The average Bonchev–Trinajstić information content (AvgIpc) is 2.27. The Hall–Kier alpha value is -1.35. The van der Waals surface area contributed by atoms with Crippen molar-refractivity contribution in [3.63, 3.8) is 0 Å². The third-order valence-electron chi connectivity index (χ3n) is 4.04. The predicted octanol–water partition coefficient (Wildman–Crippen LogP) is 2.08. The molecule has 2 aliphatic rings. The van der Waals surface area contributed by atoms with Gasteiger partial charge in [-0.3, -0.25) is 9.69 Å². The number of carboxylic acids is 1. The number of benzene rings is 1. The van der Waals surface area contributed by atoms with Crippen LogP contribution in [-0.2, 0) is 11.2 Å². The number of hydrogen-bond donors (Lipinski definition) is 1. The molecule has 0 amide bonds. The van der Waals surface area contributed by atoms with Crippen molar-refractivity contribution < 1.29 is 9.90 Å². The molecule has 1 aliphatic heterocycles. The van der Waals surface area contributed by atoms with E-state index in [9.17, 15) is 4.79 Å². The molecule has 3 nitrogen and oxygen atoms in total. The summed E-state index contributed by atoms with van der Waals surface area (Å²) in [6.45, 7) is 1.43. The third kappa shape index (κ3) is 1.84. The summed E-state index contributed by atoms with van der Waals surface area (Å²) in [6, 6.07) is 9.04. The standard InChI is InChI=1S/C14H17NO2/c16-14(17)11-8-15(9-11)13-7-3-5-10-4-1-2-6-12(10)13/h1-2,4,6,11,13H,3,5,7-9H2,(H,16,17). The number of hydrogen-bond acceptors (Lipinski definition) is 2. The van der Waals surface area contributed by atoms with Crippen molar-refractivity contribution in [3.8, 4) is 0 Å². The lowest BCUT2D eigenvalue weighted by atomic mass is 9.84. The fourth-order valence-corrected chi connectivity index (χ4v) is 3.03. The van der Waals surface area contributed by atoms with Gasteiger partial charge in [0, 0.05) is 19.1 Å². The fourth-order valence-electron chi connectivity index (χ4n) is 3.03. The molecule has 1 aromatic carbocycles. The van der Waals surface area contributed by atoms with E-state index in [0.29, 0.717) is 19.1 Å². The van der Waals surface area contributed by atoms with E-state index in [1.807, 2.05) is 0 Å². The summed E-state index contributed by atoms with van der Waals surface area (Å²) in [5.41, 5.74) is 2.87. The number of aryl methyl sites for hydroxylation is 1. The normalized spacial score (nSPS) is 25.1. The highest BCUT2D eigenvalue weighted by Crippen LogP contribution is 2.37. The van der Waals surface area contributed by atoms with Crippen LogP contribution in [0.5, 0.6) is 0 Å². The minimum absolute atomic E-state index is 0.149. The molecule has 1 fully saturated rings. The van der Waals surface area contributed by atoms with Gasteiger partial charge in [-0.05, 0) is 30.4 Å². The summed E-state index contributed by atoms with van der Waals surface area (Å²) in [4.78, 5) is 13.1. The Kier molecular flexibility index (Phi) is 2.63. The van der Waals surface area contributed by atoms with Gasteiger partial charge in [0.25, 0.3) is 0 Å². The van der Waals surface area contributed by atoms with Gasteiger partial charge in [-0.2, -0.15) is 0 Å². The number of fused-ring (bicyclic) bond motifs is 1. The first-order chi connectivity index (χ1) is 8.25. The number of rotatable bonds is 2. The molecule has 1 aromatic rings. The Balaban J connectivity index is 1.76. The molecule has 1 aliphatic carbocycles. The Bertz CT molecular complexity index is 438. The second-order valence-corrected chi connectivity index (χ2v) is 5.10. The van der Waals surface area contributed by atoms with Gasteiger partial charge in [0.1, 0.15) is 0 Å². The lowest BCUT2D eigenvalue weighted by Crippen LogP contribution is -2.52. The molecular formula is C14H17NO2. The van der Waals surface area contributed by atoms with Crippen LogP contribution >= 0.6 is 0 Å². The van der Waals surface area contributed by atoms with E-state index in [2.05, 4.69) is 29.2 Å². The number of likely N-dealkylation sites (tertiary alicyclic amines) is 1. The van der Waals surface area contributed by atoms with Crippen LogP contribution in [0.4, 0.5) is 0 Å². The molecule has 1 unspecified atom stereocenters. The predicted molar refractivity (Wildman–Crippen MR) is 64.8 cm³/mol. The molecular weight excluding hydrogens is 214 g/mol. The highest BCUT2D eigenvalue weighted by Gasteiger charge is 2.38. The maximum Gasteiger partial charge on any atom is 0.309 e. The molecule has 1 heterocycles. The van der Waals surface area contributed by atoms with Gasteiger partial charge in [-0.1, -0.05) is 24.3 Å². The van der Waals surface area contributed by atoms with Crippen LogP contribution in [0.2, 0.25) is 0 Å². The molecule has 1 saturated heterocycles. The second kappa shape index (κ2) is 4.15. The van der Waals surface area contributed by atoms with Crippen molar-refractivity contribution in [2.75, 3.05) is 13.1 Å². The number of nitrogens with zero attached hydrogens (tertiary/aromatic N) is 1. The molecule has 0 bridgehead atoms. The third-order valence-corrected chi connectivity index (χ3v) is 4.04. The van der Waals surface area contributed by atoms with Gasteiger partial charge in [-0.25, -0.2) is 0 Å². The van der Waals surface area contributed by atoms with Crippen LogP contribution in [0.15, 0.2) is 24.3 Å². The van der Waals surface area contributed by atoms with E-state index >= 15 is 0 Å². The van der Waals surface area contributed by atoms with E-state index < -0.39 is 5.97 Å². The minimum atomic E-state index is -0.648. The van der Waals surface area contributed by atoms with Gasteiger partial charge in [-0.15, -0.1) is 0 Å². The first kappa shape index (κ1) is 10.8. The van der Waals surface area contributed by atoms with E-state index in [1.54, 1.807) is 0 Å². The van der Waals surface area contributed by atoms with Crippen LogP contribution in [0.25, 0.3) is 0 Å². The molecule has 3 rings (SSSR count). The lowest BCUT2D eigenvalue weighted by Gasteiger charge is -2.44. The largest absolute Gasteiger partial charge is 0.481 e. The molecule has 0 radical (unpaired) electrons. The van der Waals surface area contributed by atoms with Crippen molar-refractivity contribution in [3.05, 3.63) is 35.4 Å². The molecule has 17 heavy (non-hydrogen) atoms. The molecule has 1 N–H and O–H groups in total. The monoisotopic (exact) mass is 231 g/mol. The smallest absolute Gasteiger partial charge is 0.309 e. The Morgan fingerprint density at radius 3 is 2.82 bits per heavy atom. The van der Waals surface area contributed by atoms with Gasteiger partial charge in [0.05, 0.1) is 5.92 Å². The van der Waals surface area contributed by atoms with Crippen molar-refractivity contribution >= 4 is 5.97 Å². The van der Waals surface area contributed by atoms with Crippen LogP contribution in [0.3, 0.4) is 0 Å². The van der Waals surface area contributed by atoms with Gasteiger partial charge >= 0.3 is 5.97 Å². The Labute approximate surface area is 101 Å². The summed E-state index contributed by atoms with van der Waals surface area (Å²) in [5, 5.41) is 8.92. The average molecular weight is 231 g/mol. The molecule has 90 valence electrons. The Morgan fingerprint density at radius 1 is 1.29 bits per heavy atom. The highest BCUT2D eigenvalue weighted by atomic mass is 16.4. The summed E-state index contributed by atoms with van der Waals surface area (Å²) in [6.07, 6.45) is 3.56. The summed E-state index contributed by atoms with van der Waals surface area (Å²) >= 11 is 0. The van der Waals surface area contributed by atoms with Crippen molar-refractivity contribution in [2.24, 2.45) is 5.92 Å². The fraction of sp³-hybridized carbons (Fsp3) is 0.500. The van der Waals surface area contributed by atoms with Gasteiger partial charge in [0.2, 0.25) is 0 Å². The number of aliphatic carboxylic acids is 1. The van der Waals surface area contributed by atoms with Crippen LogP contribution in [-0.4, -0.2) is 29.1 Å². The summed E-state index contributed by atoms with van der Waals surface area (Å²) in [7, 11) is 0. The van der Waals surface area contributed by atoms with Crippen LogP contribution < -0.4 is 0 Å². The topological polar surface area (TPSA) is 40.5 Å². The van der Waals surface area contributed by atoms with Gasteiger partial charge < -0.3 is 5.11 Å². The second-order valence-electron chi connectivity index (χ2n) is 5.10. The van der Waals surface area contributed by atoms with Crippen molar-refractivity contribution in [2.45, 2.75) is 25.3 Å². The van der Waals surface area contributed by atoms with Crippen molar-refractivity contribution in [1.82, 2.24) is 4.90 Å². The number of carboxylic acid groups (broad SMARTS) is 1. The highest BCUT2D eigenvalue weighted by molar-refractivity contribution is 5.71. The molecule has 3 heteroatoms. The Morgan fingerprint density at radius 2 is 2.06 bits per heavy atom. The van der Waals surface area contributed by atoms with E-state index in [1.165, 1.54) is 30.4 Å².